The lowest BCUT2D eigenvalue weighted by Crippen LogP contribution is -2.46. The number of phosphoric acid groups is 3. The number of hydrogen-bond acceptors (Lipinski definition) is 19. The van der Waals surface area contributed by atoms with Crippen molar-refractivity contribution in [2.24, 2.45) is 5.41 Å². The third kappa shape index (κ3) is 12.1. The maximum absolute atomic E-state index is 12.7. The molecule has 9 atom stereocenters. The van der Waals surface area contributed by atoms with Gasteiger partial charge < -0.3 is 55.6 Å². The summed E-state index contributed by atoms with van der Waals surface area (Å²) in [4.78, 5) is 88.0. The standard InChI is InChI=1S/C29H42N7O18P3S/c1-28(2,23(40)26(41)32-8-6-18(37)31-9-10-58-19(38)11-29-7-4-3-5-17(29)52-29)13-50-57(47,48)54-56(45,46)49-12-16-22(53-55(42,43)44)21(39)27(51-16)36-15-35-20-24(30)33-14-34-25(20)36/h3-5,7,14-17,21-23,27,39-40H,6,8-13H2,1-2H3,(H,31,37)(H,32,41)(H,45,46)(H,47,48)(H2,30,33,34)(H2,42,43,44). The quantitative estimate of drug-likeness (QED) is 0.0425. The normalized spacial score (nSPS) is 26.7. The first-order valence-corrected chi connectivity index (χ1v) is 22.6. The first kappa shape index (κ1) is 46.1. The summed E-state index contributed by atoms with van der Waals surface area (Å²) in [6.45, 7) is 0.444. The molecule has 2 aromatic heterocycles. The average molecular weight is 902 g/mol. The lowest BCUT2D eigenvalue weighted by atomic mass is 9.87. The number of carbonyl (C=O) groups excluding carboxylic acids is 3. The molecular formula is C29H42N7O18P3S. The second-order valence-electron chi connectivity index (χ2n) is 13.7. The molecule has 2 saturated heterocycles. The van der Waals surface area contributed by atoms with Gasteiger partial charge in [0.05, 0.1) is 26.0 Å². The zero-order valence-corrected chi connectivity index (χ0v) is 34.1. The molecule has 322 valence electrons. The van der Waals surface area contributed by atoms with Crippen molar-refractivity contribution in [1.29, 1.82) is 0 Å². The molecule has 0 bridgehead atoms. The van der Waals surface area contributed by atoms with Gasteiger partial charge in [0.1, 0.15) is 48.0 Å². The van der Waals surface area contributed by atoms with Crippen LogP contribution < -0.4 is 16.4 Å². The molecule has 29 heteroatoms. The van der Waals surface area contributed by atoms with Crippen LogP contribution >= 0.6 is 35.2 Å². The average Bonchev–Trinajstić information content (AvgIpc) is 3.55. The Balaban J connectivity index is 1.04. The summed E-state index contributed by atoms with van der Waals surface area (Å²) < 4.78 is 67.7. The van der Waals surface area contributed by atoms with E-state index in [4.69, 9.17) is 24.3 Å². The van der Waals surface area contributed by atoms with Crippen LogP contribution in [0, 0.1) is 5.41 Å². The van der Waals surface area contributed by atoms with E-state index >= 15 is 0 Å². The van der Waals surface area contributed by atoms with Crippen LogP contribution in [0.25, 0.3) is 11.2 Å². The Morgan fingerprint density at radius 1 is 1.07 bits per heavy atom. The van der Waals surface area contributed by atoms with Crippen molar-refractivity contribution in [3.8, 4) is 0 Å². The summed E-state index contributed by atoms with van der Waals surface area (Å²) in [6.07, 6.45) is 0.544. The fraction of sp³-hybridized carbons (Fsp3) is 0.586. The largest absolute Gasteiger partial charge is 0.481 e. The summed E-state index contributed by atoms with van der Waals surface area (Å²) in [5, 5.41) is 26.3. The lowest BCUT2D eigenvalue weighted by molar-refractivity contribution is -0.137. The number of nitrogens with two attached hydrogens (primary N) is 1. The molecule has 0 saturated carbocycles. The number of aliphatic hydroxyl groups is 2. The van der Waals surface area contributed by atoms with Crippen molar-refractivity contribution < 1.29 is 85.2 Å². The number of aliphatic hydroxyl groups excluding tert-OH is 2. The van der Waals surface area contributed by atoms with Gasteiger partial charge in [-0.3, -0.25) is 32.5 Å². The molecule has 10 N–H and O–H groups in total. The number of epoxide rings is 1. The van der Waals surface area contributed by atoms with Crippen LogP contribution in [-0.2, 0) is 55.4 Å². The van der Waals surface area contributed by atoms with Crippen molar-refractivity contribution in [3.05, 3.63) is 37.0 Å². The highest BCUT2D eigenvalue weighted by Crippen LogP contribution is 2.61. The second-order valence-corrected chi connectivity index (χ2v) is 19.1. The number of nitrogen functional groups attached to an aromatic ring is 1. The SMILES string of the molecule is CC(C)(COP(=O)(O)OP(=O)(O)OCC1OC(n2cnc3c(N)ncnc32)C(O)C1OP(=O)(O)O)C(O)C(=O)NCCC(=O)NCCSC(=O)CC12C=CC=CC1O2. The zero-order chi connectivity index (χ0) is 42.7. The molecule has 58 heavy (non-hydrogen) atoms. The maximum Gasteiger partial charge on any atom is 0.481 e. The minimum atomic E-state index is -5.58. The number of phosphoric ester groups is 3. The Morgan fingerprint density at radius 3 is 2.50 bits per heavy atom. The van der Waals surface area contributed by atoms with Gasteiger partial charge in [-0.25, -0.2) is 28.6 Å². The highest BCUT2D eigenvalue weighted by atomic mass is 32.2. The monoisotopic (exact) mass is 901 g/mol. The predicted octanol–water partition coefficient (Wildman–Crippen LogP) is -0.682. The number of imidazole rings is 1. The van der Waals surface area contributed by atoms with Gasteiger partial charge in [0.15, 0.2) is 22.8 Å². The van der Waals surface area contributed by atoms with Crippen LogP contribution in [-0.4, -0.2) is 134 Å². The fourth-order valence-electron chi connectivity index (χ4n) is 5.70. The molecule has 0 radical (unpaired) electrons. The third-order valence-corrected chi connectivity index (χ3v) is 12.7. The summed E-state index contributed by atoms with van der Waals surface area (Å²) in [5.74, 6) is -1.16. The first-order valence-electron chi connectivity index (χ1n) is 17.1. The highest BCUT2D eigenvalue weighted by molar-refractivity contribution is 8.13. The number of aromatic nitrogens is 4. The number of ether oxygens (including phenoxy) is 2. The Kier molecular flexibility index (Phi) is 14.6. The van der Waals surface area contributed by atoms with Gasteiger partial charge in [-0.2, -0.15) is 4.31 Å². The summed E-state index contributed by atoms with van der Waals surface area (Å²) in [6, 6.07) is 0. The molecule has 2 amide bonds. The van der Waals surface area contributed by atoms with E-state index in [2.05, 4.69) is 34.4 Å². The van der Waals surface area contributed by atoms with Crippen LogP contribution in [0.3, 0.4) is 0 Å². The molecule has 1 aliphatic carbocycles. The highest BCUT2D eigenvalue weighted by Gasteiger charge is 2.55. The number of amides is 2. The Morgan fingerprint density at radius 2 is 1.79 bits per heavy atom. The third-order valence-electron chi connectivity index (χ3n) is 8.73. The minimum absolute atomic E-state index is 0.0286. The van der Waals surface area contributed by atoms with Gasteiger partial charge in [0, 0.05) is 30.7 Å². The number of hydrogen-bond donors (Lipinski definition) is 9. The van der Waals surface area contributed by atoms with E-state index in [0.717, 1.165) is 29.0 Å². The molecular weight excluding hydrogens is 859 g/mol. The zero-order valence-electron chi connectivity index (χ0n) is 30.6. The van der Waals surface area contributed by atoms with E-state index in [9.17, 15) is 57.9 Å². The van der Waals surface area contributed by atoms with Gasteiger partial charge in [-0.1, -0.05) is 43.8 Å². The van der Waals surface area contributed by atoms with Crippen LogP contribution in [0.15, 0.2) is 37.0 Å². The van der Waals surface area contributed by atoms with Crippen molar-refractivity contribution in [2.75, 3.05) is 37.8 Å². The number of allylic oxidation sites excluding steroid dienone is 2. The van der Waals surface area contributed by atoms with E-state index in [-0.39, 0.29) is 54.1 Å². The summed E-state index contributed by atoms with van der Waals surface area (Å²) >= 11 is 1.05. The Bertz CT molecular complexity index is 2070. The van der Waals surface area contributed by atoms with E-state index in [1.807, 2.05) is 24.3 Å². The number of fused-ring (bicyclic) bond motifs is 2. The van der Waals surface area contributed by atoms with Gasteiger partial charge in [-0.15, -0.1) is 0 Å². The van der Waals surface area contributed by atoms with Crippen molar-refractivity contribution >= 4 is 69.1 Å². The molecule has 5 rings (SSSR count). The van der Waals surface area contributed by atoms with Gasteiger partial charge in [0.25, 0.3) is 0 Å². The number of nitrogens with one attached hydrogen (secondary N) is 2. The number of rotatable bonds is 21. The second kappa shape index (κ2) is 18.3. The van der Waals surface area contributed by atoms with E-state index < -0.39 is 90.2 Å². The maximum atomic E-state index is 12.7. The van der Waals surface area contributed by atoms with E-state index in [0.29, 0.717) is 5.75 Å². The molecule has 4 heterocycles. The van der Waals surface area contributed by atoms with Gasteiger partial charge in [-0.05, 0) is 6.08 Å². The molecule has 9 unspecified atom stereocenters. The van der Waals surface area contributed by atoms with Crippen LogP contribution in [0.2, 0.25) is 0 Å². The van der Waals surface area contributed by atoms with Crippen molar-refractivity contribution in [2.45, 2.75) is 69.0 Å². The first-order chi connectivity index (χ1) is 27.0. The molecule has 0 spiro atoms. The molecule has 2 aliphatic heterocycles. The predicted molar refractivity (Wildman–Crippen MR) is 198 cm³/mol. The van der Waals surface area contributed by atoms with E-state index in [1.54, 1.807) is 0 Å². The summed E-state index contributed by atoms with van der Waals surface area (Å²) in [5.41, 5.74) is 3.68. The fourth-order valence-corrected chi connectivity index (χ4v) is 9.28. The van der Waals surface area contributed by atoms with Crippen LogP contribution in [0.1, 0.15) is 32.9 Å². The Labute approximate surface area is 333 Å². The Hall–Kier alpha value is -3.00. The molecule has 25 nitrogen and oxygen atoms in total. The number of nitrogens with zero attached hydrogens (tertiary/aromatic N) is 4. The van der Waals surface area contributed by atoms with Crippen molar-refractivity contribution in [3.63, 3.8) is 0 Å². The number of anilines is 1. The van der Waals surface area contributed by atoms with Crippen LogP contribution in [0.4, 0.5) is 5.82 Å². The smallest absolute Gasteiger partial charge is 0.386 e. The molecule has 2 fully saturated rings. The van der Waals surface area contributed by atoms with Gasteiger partial charge >= 0.3 is 23.5 Å². The molecule has 3 aliphatic rings. The molecule has 0 aromatic carbocycles. The van der Waals surface area contributed by atoms with E-state index in [1.165, 1.54) is 13.8 Å². The van der Waals surface area contributed by atoms with Gasteiger partial charge in [0.2, 0.25) is 11.8 Å². The number of thioether (sulfide) groups is 1. The van der Waals surface area contributed by atoms with Crippen LogP contribution in [0.5, 0.6) is 0 Å². The van der Waals surface area contributed by atoms with Crippen molar-refractivity contribution in [1.82, 2.24) is 30.2 Å². The topological polar surface area (TPSA) is 376 Å². The number of carbonyl (C=O) groups is 3. The minimum Gasteiger partial charge on any atom is -0.386 e. The summed E-state index contributed by atoms with van der Waals surface area (Å²) in [7, 11) is -16.4. The molecule has 2 aromatic rings. The lowest BCUT2D eigenvalue weighted by Gasteiger charge is -2.30.